The summed E-state index contributed by atoms with van der Waals surface area (Å²) in [5.74, 6) is -1.18. The van der Waals surface area contributed by atoms with Gasteiger partial charge in [-0.1, -0.05) is 30.3 Å². The average molecular weight is 424 g/mol. The van der Waals surface area contributed by atoms with Gasteiger partial charge in [0.15, 0.2) is 0 Å². The van der Waals surface area contributed by atoms with E-state index in [4.69, 9.17) is 4.74 Å². The molecule has 2 aromatic carbocycles. The van der Waals surface area contributed by atoms with Crippen LogP contribution in [0.25, 0.3) is 0 Å². The first-order valence-corrected chi connectivity index (χ1v) is 10.1. The highest BCUT2D eigenvalue weighted by Crippen LogP contribution is 2.27. The zero-order valence-corrected chi connectivity index (χ0v) is 17.2. The van der Waals surface area contributed by atoms with Crippen molar-refractivity contribution in [2.45, 2.75) is 25.1 Å². The predicted octanol–water partition coefficient (Wildman–Crippen LogP) is 1.82. The lowest BCUT2D eigenvalue weighted by molar-refractivity contribution is -0.133. The van der Waals surface area contributed by atoms with Gasteiger partial charge in [0.2, 0.25) is 5.91 Å². The molecule has 2 saturated heterocycles. The number of rotatable bonds is 4. The number of hydrogen-bond acceptors (Lipinski definition) is 6. The lowest BCUT2D eigenvalue weighted by Crippen LogP contribution is -2.45. The largest absolute Gasteiger partial charge is 0.508 e. The van der Waals surface area contributed by atoms with Gasteiger partial charge in [0.1, 0.15) is 5.75 Å². The summed E-state index contributed by atoms with van der Waals surface area (Å²) in [6.07, 6.45) is 0.0135. The third-order valence-corrected chi connectivity index (χ3v) is 5.67. The van der Waals surface area contributed by atoms with Gasteiger partial charge in [-0.15, -0.1) is 0 Å². The minimum absolute atomic E-state index is 0.00372. The van der Waals surface area contributed by atoms with E-state index in [0.29, 0.717) is 32.7 Å². The average Bonchev–Trinajstić information content (AvgIpc) is 3.14. The molecule has 2 fully saturated rings. The Labute approximate surface area is 180 Å². The molecule has 2 atom stereocenters. The summed E-state index contributed by atoms with van der Waals surface area (Å²) >= 11 is 0. The smallest absolute Gasteiger partial charge is 0.338 e. The number of fused-ring (bicyclic) bond motifs is 1. The molecule has 8 heteroatoms. The van der Waals surface area contributed by atoms with E-state index in [2.05, 4.69) is 4.74 Å². The van der Waals surface area contributed by atoms with Gasteiger partial charge in [-0.25, -0.2) is 4.79 Å². The molecule has 0 spiro atoms. The van der Waals surface area contributed by atoms with Crippen LogP contribution in [0.1, 0.15) is 32.7 Å². The topological polar surface area (TPSA) is 96.4 Å². The molecule has 31 heavy (non-hydrogen) atoms. The van der Waals surface area contributed by atoms with Crippen molar-refractivity contribution >= 4 is 17.8 Å². The number of phenols is 1. The summed E-state index contributed by atoms with van der Waals surface area (Å²) in [5.41, 5.74) is 1.28. The number of likely N-dealkylation sites (tertiary alicyclic amines) is 1. The van der Waals surface area contributed by atoms with Crippen LogP contribution >= 0.6 is 0 Å². The number of carbonyl (C=O) groups excluding carboxylic acids is 3. The van der Waals surface area contributed by atoms with Crippen molar-refractivity contribution in [1.29, 1.82) is 0 Å². The summed E-state index contributed by atoms with van der Waals surface area (Å²) in [7, 11) is 1.23. The van der Waals surface area contributed by atoms with Crippen molar-refractivity contribution < 1.29 is 29.0 Å². The maximum absolute atomic E-state index is 13.1. The number of carbonyl (C=O) groups is 3. The molecule has 4 rings (SSSR count). The van der Waals surface area contributed by atoms with Crippen LogP contribution in [-0.4, -0.2) is 71.6 Å². The fourth-order valence-corrected chi connectivity index (χ4v) is 4.15. The number of phenolic OH excluding ortho intramolecular Hbond substituents is 1. The quantitative estimate of drug-likeness (QED) is 0.753. The van der Waals surface area contributed by atoms with Crippen LogP contribution in [0.15, 0.2) is 48.5 Å². The second kappa shape index (κ2) is 8.77. The van der Waals surface area contributed by atoms with Crippen molar-refractivity contribution in [3.05, 3.63) is 65.2 Å². The van der Waals surface area contributed by atoms with Gasteiger partial charge in [-0.3, -0.25) is 9.59 Å². The van der Waals surface area contributed by atoms with E-state index < -0.39 is 5.97 Å². The zero-order chi connectivity index (χ0) is 22.0. The summed E-state index contributed by atoms with van der Waals surface area (Å²) in [4.78, 5) is 41.1. The summed E-state index contributed by atoms with van der Waals surface area (Å²) in [5, 5.41) is 9.96. The monoisotopic (exact) mass is 424 g/mol. The summed E-state index contributed by atoms with van der Waals surface area (Å²) < 4.78 is 10.6. The van der Waals surface area contributed by atoms with E-state index in [-0.39, 0.29) is 40.8 Å². The van der Waals surface area contributed by atoms with E-state index in [1.807, 2.05) is 30.3 Å². The van der Waals surface area contributed by atoms with Crippen molar-refractivity contribution in [1.82, 2.24) is 9.80 Å². The first-order valence-electron chi connectivity index (χ1n) is 10.1. The number of hydrogen-bond donors (Lipinski definition) is 1. The Bertz CT molecular complexity index is 993. The number of methoxy groups -OCH3 is 1. The van der Waals surface area contributed by atoms with E-state index in [0.717, 1.165) is 5.56 Å². The lowest BCUT2D eigenvalue weighted by Gasteiger charge is -2.29. The van der Waals surface area contributed by atoms with E-state index in [9.17, 15) is 19.5 Å². The Hall–Kier alpha value is -3.39. The van der Waals surface area contributed by atoms with Crippen LogP contribution in [0.3, 0.4) is 0 Å². The van der Waals surface area contributed by atoms with E-state index in [1.54, 1.807) is 9.80 Å². The molecule has 2 amide bonds. The highest BCUT2D eigenvalue weighted by atomic mass is 16.5. The first-order chi connectivity index (χ1) is 15.0. The number of benzene rings is 2. The molecule has 0 aliphatic carbocycles. The predicted molar refractivity (Wildman–Crippen MR) is 110 cm³/mol. The fourth-order valence-electron chi connectivity index (χ4n) is 4.15. The molecule has 1 N–H and O–H groups in total. The molecule has 2 aliphatic heterocycles. The van der Waals surface area contributed by atoms with Gasteiger partial charge in [-0.2, -0.15) is 0 Å². The third kappa shape index (κ3) is 4.39. The maximum Gasteiger partial charge on any atom is 0.338 e. The van der Waals surface area contributed by atoms with Gasteiger partial charge in [-0.05, 0) is 23.8 Å². The summed E-state index contributed by atoms with van der Waals surface area (Å²) in [6, 6.07) is 13.4. The van der Waals surface area contributed by atoms with E-state index in [1.165, 1.54) is 25.3 Å². The van der Waals surface area contributed by atoms with Crippen LogP contribution in [0, 0.1) is 0 Å². The molecule has 0 bridgehead atoms. The molecule has 0 saturated carbocycles. The second-order valence-electron chi connectivity index (χ2n) is 7.70. The molecule has 2 heterocycles. The second-order valence-corrected chi connectivity index (χ2v) is 7.70. The summed E-state index contributed by atoms with van der Waals surface area (Å²) in [6.45, 7) is 1.40. The first kappa shape index (κ1) is 20.9. The fraction of sp³-hybridized carbons (Fsp3) is 0.348. The highest BCUT2D eigenvalue weighted by Gasteiger charge is 2.43. The molecule has 2 aromatic rings. The molecule has 8 nitrogen and oxygen atoms in total. The minimum Gasteiger partial charge on any atom is -0.508 e. The van der Waals surface area contributed by atoms with Crippen molar-refractivity contribution in [2.75, 3.05) is 26.8 Å². The van der Waals surface area contributed by atoms with Gasteiger partial charge in [0.05, 0.1) is 37.8 Å². The molecule has 0 aromatic heterocycles. The van der Waals surface area contributed by atoms with Gasteiger partial charge < -0.3 is 24.4 Å². The maximum atomic E-state index is 13.1. The van der Waals surface area contributed by atoms with E-state index >= 15 is 0 Å². The molecular formula is C23H24N2O6. The van der Waals surface area contributed by atoms with Crippen LogP contribution in [0.4, 0.5) is 0 Å². The molecule has 2 aliphatic rings. The Morgan fingerprint density at radius 2 is 1.87 bits per heavy atom. The number of nitrogens with zero attached hydrogens (tertiary/aromatic N) is 2. The Morgan fingerprint density at radius 3 is 2.61 bits per heavy atom. The lowest BCUT2D eigenvalue weighted by atomic mass is 10.1. The standard InChI is InChI=1S/C23H24N2O6/c1-30-23(29)17-9-16(10-18(26)11-17)22(28)24-13-19-20(14-24)31-8-7-21(27)25(19)12-15-5-3-2-4-6-15/h2-6,9-11,19-20,26H,7-8,12-14H2,1H3/t19-,20-/m0/s1. The van der Waals surface area contributed by atoms with Crippen molar-refractivity contribution in [2.24, 2.45) is 0 Å². The Morgan fingerprint density at radius 1 is 1.13 bits per heavy atom. The molecule has 0 unspecified atom stereocenters. The van der Waals surface area contributed by atoms with Crippen LogP contribution < -0.4 is 0 Å². The SMILES string of the molecule is COC(=O)c1cc(O)cc(C(=O)N2C[C@@H]3OCCC(=O)N(Cc4ccccc4)[C@H]3C2)c1. The highest BCUT2D eigenvalue weighted by molar-refractivity contribution is 5.98. The number of esters is 1. The van der Waals surface area contributed by atoms with Crippen LogP contribution in [0.2, 0.25) is 0 Å². The van der Waals surface area contributed by atoms with Gasteiger partial charge >= 0.3 is 5.97 Å². The Kier molecular flexibility index (Phi) is 5.90. The number of amides is 2. The van der Waals surface area contributed by atoms with Crippen LogP contribution in [0.5, 0.6) is 5.75 Å². The number of ether oxygens (including phenoxy) is 2. The molecular weight excluding hydrogens is 400 g/mol. The van der Waals surface area contributed by atoms with Gasteiger partial charge in [0, 0.05) is 25.2 Å². The van der Waals surface area contributed by atoms with Gasteiger partial charge in [0.25, 0.3) is 5.91 Å². The Balaban J connectivity index is 1.56. The number of aromatic hydroxyl groups is 1. The van der Waals surface area contributed by atoms with Crippen LogP contribution in [-0.2, 0) is 20.8 Å². The third-order valence-electron chi connectivity index (χ3n) is 5.67. The zero-order valence-electron chi connectivity index (χ0n) is 17.2. The normalized spacial score (nSPS) is 20.9. The molecule has 162 valence electrons. The van der Waals surface area contributed by atoms with Crippen molar-refractivity contribution in [3.8, 4) is 5.75 Å². The van der Waals surface area contributed by atoms with Crippen molar-refractivity contribution in [3.63, 3.8) is 0 Å². The molecule has 0 radical (unpaired) electrons. The minimum atomic E-state index is -0.639.